The molecule has 0 saturated carbocycles. The van der Waals surface area contributed by atoms with Crippen molar-refractivity contribution >= 4 is 28.9 Å². The van der Waals surface area contributed by atoms with E-state index >= 15 is 0 Å². The van der Waals surface area contributed by atoms with Crippen LogP contribution in [0.25, 0.3) is 22.3 Å². The number of morpholine rings is 1. The zero-order chi connectivity index (χ0) is 32.4. The van der Waals surface area contributed by atoms with Crippen molar-refractivity contribution in [3.05, 3.63) is 62.2 Å². The van der Waals surface area contributed by atoms with Gasteiger partial charge in [0.15, 0.2) is 5.60 Å². The fraction of sp³-hybridized carbons (Fsp3) is 0.469. The highest BCUT2D eigenvalue weighted by Gasteiger charge is 2.45. The Morgan fingerprint density at radius 3 is 2.69 bits per heavy atom. The van der Waals surface area contributed by atoms with Gasteiger partial charge in [-0.05, 0) is 57.4 Å². The normalized spacial score (nSPS) is 20.7. The molecule has 2 aromatic heterocycles. The van der Waals surface area contributed by atoms with Crippen molar-refractivity contribution in [3.63, 3.8) is 0 Å². The van der Waals surface area contributed by atoms with Crippen LogP contribution in [0.15, 0.2) is 23.0 Å². The number of carbonyl (C=O) groups excluding carboxylic acids is 3. The number of nitrogens with zero attached hydrogens (tertiary/aromatic N) is 3. The van der Waals surface area contributed by atoms with Crippen molar-refractivity contribution in [1.29, 1.82) is 0 Å². The molecule has 0 aliphatic carbocycles. The molecule has 12 nitrogen and oxygen atoms in total. The Kier molecular flexibility index (Phi) is 7.44. The minimum Gasteiger partial charge on any atom is -0.458 e. The van der Waals surface area contributed by atoms with E-state index in [1.54, 1.807) is 46.8 Å². The molecule has 0 spiro atoms. The van der Waals surface area contributed by atoms with E-state index in [1.807, 2.05) is 0 Å². The van der Waals surface area contributed by atoms with Gasteiger partial charge >= 0.3 is 12.1 Å². The summed E-state index contributed by atoms with van der Waals surface area (Å²) in [6.07, 6.45) is -0.632. The van der Waals surface area contributed by atoms with Gasteiger partial charge in [-0.3, -0.25) is 14.5 Å². The minimum absolute atomic E-state index is 0.00725. The summed E-state index contributed by atoms with van der Waals surface area (Å²) >= 11 is 0. The first-order valence-electron chi connectivity index (χ1n) is 14.9. The molecule has 3 aromatic rings. The summed E-state index contributed by atoms with van der Waals surface area (Å²) in [4.78, 5) is 58.8. The van der Waals surface area contributed by atoms with Crippen LogP contribution in [0.5, 0.6) is 0 Å². The van der Waals surface area contributed by atoms with E-state index in [9.17, 15) is 28.7 Å². The van der Waals surface area contributed by atoms with Crippen molar-refractivity contribution in [2.24, 2.45) is 0 Å². The molecule has 6 rings (SSSR count). The van der Waals surface area contributed by atoms with Gasteiger partial charge in [-0.25, -0.2) is 19.0 Å². The molecule has 2 amide bonds. The largest absolute Gasteiger partial charge is 0.458 e. The van der Waals surface area contributed by atoms with Crippen LogP contribution in [-0.4, -0.2) is 68.9 Å². The van der Waals surface area contributed by atoms with Crippen LogP contribution >= 0.6 is 0 Å². The smallest absolute Gasteiger partial charge is 0.411 e. The maximum absolute atomic E-state index is 14.8. The molecule has 2 atom stereocenters. The summed E-state index contributed by atoms with van der Waals surface area (Å²) < 4.78 is 32.5. The first kappa shape index (κ1) is 30.7. The summed E-state index contributed by atoms with van der Waals surface area (Å²) in [6.45, 7) is 8.70. The molecule has 3 aliphatic heterocycles. The summed E-state index contributed by atoms with van der Waals surface area (Å²) in [5.74, 6) is -1.77. The van der Waals surface area contributed by atoms with Crippen LogP contribution < -0.4 is 10.9 Å². The highest BCUT2D eigenvalue weighted by Crippen LogP contribution is 2.40. The third-order valence-electron chi connectivity index (χ3n) is 8.58. The van der Waals surface area contributed by atoms with E-state index in [1.165, 1.54) is 15.5 Å². The van der Waals surface area contributed by atoms with Gasteiger partial charge < -0.3 is 29.2 Å². The monoisotopic (exact) mass is 622 g/mol. The number of rotatable bonds is 4. The van der Waals surface area contributed by atoms with E-state index in [0.717, 1.165) is 0 Å². The van der Waals surface area contributed by atoms with Gasteiger partial charge in [0.05, 0.1) is 42.2 Å². The number of carbonyl (C=O) groups is 3. The second-order valence-electron chi connectivity index (χ2n) is 12.6. The number of halogens is 1. The lowest BCUT2D eigenvalue weighted by atomic mass is 9.86. The first-order chi connectivity index (χ1) is 21.2. The van der Waals surface area contributed by atoms with Gasteiger partial charge in [-0.2, -0.15) is 0 Å². The molecule has 5 heterocycles. The van der Waals surface area contributed by atoms with Crippen LogP contribution in [0.1, 0.15) is 61.9 Å². The lowest BCUT2D eigenvalue weighted by Crippen LogP contribution is -2.56. The van der Waals surface area contributed by atoms with Gasteiger partial charge in [-0.1, -0.05) is 6.92 Å². The van der Waals surface area contributed by atoms with Crippen molar-refractivity contribution in [1.82, 2.24) is 19.8 Å². The molecule has 0 unspecified atom stereocenters. The zero-order valence-electron chi connectivity index (χ0n) is 25.8. The SMILES string of the molecule is CC[C@@]1(O)C(=O)OCc2c1cc1n(c2=O)Cc2c-1nc1cc(F)c(C)cc1c2CNC(=O)[C@H]1COCCN1C(=O)OC(C)(C)C. The standard InChI is InChI=1S/C32H35FN4O8/c1-6-32(42)21-10-24-26-19(13-37(24)28(39)20(21)14-44-29(32)40)18(17-9-16(2)22(33)11-23(17)35-26)12-34-27(38)25-15-43-8-7-36(25)30(41)45-31(3,4)5/h9-11,25,42H,6-8,12-15H2,1-5H3,(H,34,38)/t25-,32+/m1/s1. The van der Waals surface area contributed by atoms with Crippen molar-refractivity contribution < 1.29 is 38.1 Å². The number of benzene rings is 1. The third kappa shape index (κ3) is 5.13. The maximum atomic E-state index is 14.8. The van der Waals surface area contributed by atoms with Gasteiger partial charge in [0.1, 0.15) is 24.1 Å². The number of amides is 2. The molecule has 1 fully saturated rings. The van der Waals surface area contributed by atoms with Crippen LogP contribution in [-0.2, 0) is 49.1 Å². The van der Waals surface area contributed by atoms with Gasteiger partial charge in [0.25, 0.3) is 5.56 Å². The summed E-state index contributed by atoms with van der Waals surface area (Å²) in [5.41, 5.74) is -0.173. The lowest BCUT2D eigenvalue weighted by Gasteiger charge is -2.35. The number of hydrogen-bond donors (Lipinski definition) is 2. The second-order valence-corrected chi connectivity index (χ2v) is 12.6. The predicted molar refractivity (Wildman–Crippen MR) is 159 cm³/mol. The number of esters is 1. The zero-order valence-corrected chi connectivity index (χ0v) is 25.8. The van der Waals surface area contributed by atoms with E-state index in [0.29, 0.717) is 39.0 Å². The van der Waals surface area contributed by atoms with E-state index < -0.39 is 46.6 Å². The highest BCUT2D eigenvalue weighted by atomic mass is 19.1. The number of ether oxygens (including phenoxy) is 3. The van der Waals surface area contributed by atoms with E-state index in [2.05, 4.69) is 5.32 Å². The summed E-state index contributed by atoms with van der Waals surface area (Å²) in [6, 6.07) is 3.59. The number of hydrogen-bond acceptors (Lipinski definition) is 9. The molecule has 3 aliphatic rings. The maximum Gasteiger partial charge on any atom is 0.411 e. The second kappa shape index (κ2) is 10.9. The molecule has 0 radical (unpaired) electrons. The Balaban J connectivity index is 1.41. The number of pyridine rings is 2. The molecular formula is C32H35FN4O8. The van der Waals surface area contributed by atoms with Gasteiger partial charge in [-0.15, -0.1) is 0 Å². The Morgan fingerprint density at radius 1 is 1.22 bits per heavy atom. The molecule has 2 N–H and O–H groups in total. The van der Waals surface area contributed by atoms with Crippen LogP contribution in [0, 0.1) is 12.7 Å². The molecular weight excluding hydrogens is 587 g/mol. The Bertz CT molecular complexity index is 1830. The summed E-state index contributed by atoms with van der Waals surface area (Å²) in [5, 5.41) is 14.7. The first-order valence-corrected chi connectivity index (χ1v) is 14.9. The van der Waals surface area contributed by atoms with E-state index in [4.69, 9.17) is 19.2 Å². The lowest BCUT2D eigenvalue weighted by molar-refractivity contribution is -0.172. The number of fused-ring (bicyclic) bond motifs is 5. The minimum atomic E-state index is -2.00. The van der Waals surface area contributed by atoms with Gasteiger partial charge in [0.2, 0.25) is 5.91 Å². The molecule has 13 heteroatoms. The van der Waals surface area contributed by atoms with Crippen LogP contribution in [0.4, 0.5) is 9.18 Å². The summed E-state index contributed by atoms with van der Waals surface area (Å²) in [7, 11) is 0. The molecule has 45 heavy (non-hydrogen) atoms. The fourth-order valence-corrected chi connectivity index (χ4v) is 6.15. The Labute approximate surface area is 258 Å². The van der Waals surface area contributed by atoms with Crippen molar-refractivity contribution in [2.75, 3.05) is 19.8 Å². The molecule has 1 saturated heterocycles. The number of aliphatic hydroxyl groups is 1. The number of cyclic esters (lactones) is 1. The van der Waals surface area contributed by atoms with Crippen molar-refractivity contribution in [3.8, 4) is 11.4 Å². The number of nitrogens with one attached hydrogen (secondary N) is 1. The molecule has 238 valence electrons. The molecule has 0 bridgehead atoms. The average molecular weight is 623 g/mol. The topological polar surface area (TPSA) is 149 Å². The fourth-order valence-electron chi connectivity index (χ4n) is 6.15. The Morgan fingerprint density at radius 2 is 1.98 bits per heavy atom. The quantitative estimate of drug-likeness (QED) is 0.328. The van der Waals surface area contributed by atoms with Gasteiger partial charge in [0, 0.05) is 35.7 Å². The molecule has 1 aromatic carbocycles. The Hall–Kier alpha value is -4.36. The van der Waals surface area contributed by atoms with Crippen LogP contribution in [0.2, 0.25) is 0 Å². The third-order valence-corrected chi connectivity index (χ3v) is 8.58. The number of aryl methyl sites for hydroxylation is 1. The van der Waals surface area contributed by atoms with Crippen molar-refractivity contribution in [2.45, 2.75) is 78.0 Å². The average Bonchev–Trinajstić information content (AvgIpc) is 3.36. The predicted octanol–water partition coefficient (Wildman–Crippen LogP) is 2.78. The highest BCUT2D eigenvalue weighted by molar-refractivity contribution is 5.91. The van der Waals surface area contributed by atoms with Crippen LogP contribution in [0.3, 0.4) is 0 Å². The number of aromatic nitrogens is 2. The van der Waals surface area contributed by atoms with E-state index in [-0.39, 0.29) is 57.0 Å².